The molecule has 2 atom stereocenters. The van der Waals surface area contributed by atoms with Crippen molar-refractivity contribution in [3.63, 3.8) is 0 Å². The van der Waals surface area contributed by atoms with E-state index in [-0.39, 0.29) is 18.8 Å². The van der Waals surface area contributed by atoms with Crippen molar-refractivity contribution in [1.82, 2.24) is 0 Å². The van der Waals surface area contributed by atoms with Crippen molar-refractivity contribution in [3.8, 4) is 0 Å². The monoisotopic (exact) mass is 344 g/mol. The van der Waals surface area contributed by atoms with E-state index in [1.165, 1.54) is 0 Å². The van der Waals surface area contributed by atoms with Crippen molar-refractivity contribution in [2.75, 3.05) is 24.6 Å². The van der Waals surface area contributed by atoms with Gasteiger partial charge in [0.15, 0.2) is 0 Å². The Hall–Kier alpha value is -0.690. The number of hydrogen-bond donors (Lipinski definition) is 2. The Morgan fingerprint density at radius 1 is 1.58 bits per heavy atom. The minimum Gasteiger partial charge on any atom is -0.394 e. The Kier molecular flexibility index (Phi) is 4.78. The molecule has 6 heteroatoms. The molecule has 4 nitrogen and oxygen atoms in total. The van der Waals surface area contributed by atoms with Crippen LogP contribution < -0.4 is 10.6 Å². The smallest absolute Gasteiger partial charge is 0.106 e. The summed E-state index contributed by atoms with van der Waals surface area (Å²) in [5.74, 6) is 0. The molecule has 0 radical (unpaired) electrons. The molecular weight excluding hydrogens is 328 g/mol. The van der Waals surface area contributed by atoms with E-state index in [0.717, 1.165) is 22.3 Å². The van der Waals surface area contributed by atoms with Gasteiger partial charge in [0.2, 0.25) is 0 Å². The highest BCUT2D eigenvalue weighted by molar-refractivity contribution is 9.10. The van der Waals surface area contributed by atoms with Gasteiger partial charge in [0.1, 0.15) is 4.99 Å². The molecule has 1 fully saturated rings. The van der Waals surface area contributed by atoms with E-state index in [1.54, 1.807) is 0 Å². The molecule has 0 spiro atoms. The molecular formula is C13H17BrN2O2S. The van der Waals surface area contributed by atoms with Crippen molar-refractivity contribution in [2.45, 2.75) is 19.1 Å². The van der Waals surface area contributed by atoms with Crippen molar-refractivity contribution in [1.29, 1.82) is 0 Å². The van der Waals surface area contributed by atoms with Gasteiger partial charge < -0.3 is 20.5 Å². The van der Waals surface area contributed by atoms with Crippen LogP contribution in [0.3, 0.4) is 0 Å². The average molecular weight is 345 g/mol. The van der Waals surface area contributed by atoms with Gasteiger partial charge in [-0.25, -0.2) is 0 Å². The predicted molar refractivity (Wildman–Crippen MR) is 83.7 cm³/mol. The van der Waals surface area contributed by atoms with Crippen molar-refractivity contribution < 1.29 is 9.84 Å². The maximum Gasteiger partial charge on any atom is 0.106 e. The molecule has 0 bridgehead atoms. The zero-order valence-electron chi connectivity index (χ0n) is 10.7. The summed E-state index contributed by atoms with van der Waals surface area (Å²) >= 11 is 8.57. The molecule has 2 unspecified atom stereocenters. The molecule has 104 valence electrons. The van der Waals surface area contributed by atoms with Gasteiger partial charge in [-0.3, -0.25) is 0 Å². The van der Waals surface area contributed by atoms with Crippen LogP contribution in [0.15, 0.2) is 22.7 Å². The number of morpholine rings is 1. The third-order valence-electron chi connectivity index (χ3n) is 3.10. The van der Waals surface area contributed by atoms with E-state index in [9.17, 15) is 5.11 Å². The zero-order valence-corrected chi connectivity index (χ0v) is 13.1. The van der Waals surface area contributed by atoms with Gasteiger partial charge in [0.05, 0.1) is 18.8 Å². The quantitative estimate of drug-likeness (QED) is 0.817. The van der Waals surface area contributed by atoms with Crippen molar-refractivity contribution in [2.24, 2.45) is 5.73 Å². The molecule has 19 heavy (non-hydrogen) atoms. The van der Waals surface area contributed by atoms with E-state index < -0.39 is 0 Å². The third-order valence-corrected chi connectivity index (χ3v) is 3.81. The topological polar surface area (TPSA) is 58.7 Å². The molecule has 2 rings (SSSR count). The molecule has 1 heterocycles. The first-order chi connectivity index (χ1) is 9.01. The van der Waals surface area contributed by atoms with Crippen LogP contribution in [0.5, 0.6) is 0 Å². The summed E-state index contributed by atoms with van der Waals surface area (Å²) in [5, 5.41) is 9.30. The Morgan fingerprint density at radius 2 is 2.32 bits per heavy atom. The first kappa shape index (κ1) is 14.7. The fourth-order valence-corrected chi connectivity index (χ4v) is 2.84. The number of ether oxygens (including phenoxy) is 1. The summed E-state index contributed by atoms with van der Waals surface area (Å²) in [7, 11) is 0. The summed E-state index contributed by atoms with van der Waals surface area (Å²) in [6.45, 7) is 3.39. The maximum absolute atomic E-state index is 9.30. The number of thiocarbonyl (C=S) groups is 1. The number of hydrogen-bond acceptors (Lipinski definition) is 4. The highest BCUT2D eigenvalue weighted by atomic mass is 79.9. The highest BCUT2D eigenvalue weighted by Gasteiger charge is 2.26. The van der Waals surface area contributed by atoms with Gasteiger partial charge in [0.25, 0.3) is 0 Å². The SMILES string of the molecule is CC1CN(c2cc(Br)ccc2C(N)=S)CC(CO)O1. The average Bonchev–Trinajstić information content (AvgIpc) is 2.37. The Labute approximate surface area is 126 Å². The van der Waals surface area contributed by atoms with Crippen LogP contribution in [-0.4, -0.2) is 42.0 Å². The van der Waals surface area contributed by atoms with Crippen LogP contribution in [0.1, 0.15) is 12.5 Å². The van der Waals surface area contributed by atoms with Crippen molar-refractivity contribution >= 4 is 38.8 Å². The van der Waals surface area contributed by atoms with E-state index >= 15 is 0 Å². The number of nitrogens with zero attached hydrogens (tertiary/aromatic N) is 1. The predicted octanol–water partition coefficient (Wildman–Crippen LogP) is 1.67. The molecule has 0 amide bonds. The molecule has 1 aliphatic rings. The Balaban J connectivity index is 2.34. The van der Waals surface area contributed by atoms with Crippen LogP contribution in [-0.2, 0) is 4.74 Å². The van der Waals surface area contributed by atoms with Crippen LogP contribution in [0, 0.1) is 0 Å². The largest absolute Gasteiger partial charge is 0.394 e. The van der Waals surface area contributed by atoms with Gasteiger partial charge in [-0.1, -0.05) is 28.1 Å². The van der Waals surface area contributed by atoms with Gasteiger partial charge in [-0.15, -0.1) is 0 Å². The molecule has 1 aliphatic heterocycles. The number of nitrogens with two attached hydrogens (primary N) is 1. The number of aliphatic hydroxyl groups is 1. The molecule has 1 saturated heterocycles. The van der Waals surface area contributed by atoms with Crippen LogP contribution in [0.25, 0.3) is 0 Å². The lowest BCUT2D eigenvalue weighted by Gasteiger charge is -2.38. The van der Waals surface area contributed by atoms with Gasteiger partial charge in [0, 0.05) is 28.8 Å². The second kappa shape index (κ2) is 6.17. The lowest BCUT2D eigenvalue weighted by atomic mass is 10.1. The fraction of sp³-hybridized carbons (Fsp3) is 0.462. The van der Waals surface area contributed by atoms with E-state index in [4.69, 9.17) is 22.7 Å². The highest BCUT2D eigenvalue weighted by Crippen LogP contribution is 2.28. The van der Waals surface area contributed by atoms with E-state index in [1.807, 2.05) is 25.1 Å². The van der Waals surface area contributed by atoms with Crippen LogP contribution in [0.4, 0.5) is 5.69 Å². The number of benzene rings is 1. The summed E-state index contributed by atoms with van der Waals surface area (Å²) in [5.41, 5.74) is 7.61. The normalized spacial score (nSPS) is 23.4. The molecule has 0 aliphatic carbocycles. The standard InChI is InChI=1S/C13H17BrN2O2S/c1-8-5-16(6-10(7-17)18-8)12-4-9(14)2-3-11(12)13(15)19/h2-4,8,10,17H,5-7H2,1H3,(H2,15,19). The third kappa shape index (κ3) is 3.45. The summed E-state index contributed by atoms with van der Waals surface area (Å²) in [6.07, 6.45) is -0.119. The molecule has 1 aromatic rings. The number of aliphatic hydroxyl groups excluding tert-OH is 1. The molecule has 3 N–H and O–H groups in total. The summed E-state index contributed by atoms with van der Waals surface area (Å²) in [6, 6.07) is 5.84. The van der Waals surface area contributed by atoms with Crippen molar-refractivity contribution in [3.05, 3.63) is 28.2 Å². The summed E-state index contributed by atoms with van der Waals surface area (Å²) in [4.78, 5) is 2.54. The van der Waals surface area contributed by atoms with E-state index in [0.29, 0.717) is 11.5 Å². The van der Waals surface area contributed by atoms with E-state index in [2.05, 4.69) is 20.8 Å². The second-order valence-electron chi connectivity index (χ2n) is 4.68. The summed E-state index contributed by atoms with van der Waals surface area (Å²) < 4.78 is 6.62. The fourth-order valence-electron chi connectivity index (χ4n) is 2.32. The Bertz CT molecular complexity index is 484. The van der Waals surface area contributed by atoms with Crippen LogP contribution in [0.2, 0.25) is 0 Å². The number of anilines is 1. The second-order valence-corrected chi connectivity index (χ2v) is 6.04. The molecule has 0 saturated carbocycles. The maximum atomic E-state index is 9.30. The van der Waals surface area contributed by atoms with Gasteiger partial charge in [-0.2, -0.15) is 0 Å². The molecule has 0 aromatic heterocycles. The number of halogens is 1. The number of rotatable bonds is 3. The zero-order chi connectivity index (χ0) is 14.0. The molecule has 1 aromatic carbocycles. The minimum absolute atomic E-state index is 0.0112. The lowest BCUT2D eigenvalue weighted by Crippen LogP contribution is -2.48. The Morgan fingerprint density at radius 3 is 2.95 bits per heavy atom. The minimum atomic E-state index is -0.179. The first-order valence-corrected chi connectivity index (χ1v) is 7.32. The van der Waals surface area contributed by atoms with Gasteiger partial charge in [-0.05, 0) is 25.1 Å². The van der Waals surface area contributed by atoms with Crippen LogP contribution >= 0.6 is 28.1 Å². The lowest BCUT2D eigenvalue weighted by molar-refractivity contribution is -0.0421. The van der Waals surface area contributed by atoms with Gasteiger partial charge >= 0.3 is 0 Å². The first-order valence-electron chi connectivity index (χ1n) is 6.12.